The Labute approximate surface area is 159 Å². The van der Waals surface area contributed by atoms with Crippen LogP contribution in [0.5, 0.6) is 0 Å². The number of para-hydroxylation sites is 1. The summed E-state index contributed by atoms with van der Waals surface area (Å²) in [6.07, 6.45) is 4.74. The number of benzene rings is 1. The summed E-state index contributed by atoms with van der Waals surface area (Å²) in [4.78, 5) is 35.2. The van der Waals surface area contributed by atoms with E-state index in [1.807, 2.05) is 28.0 Å². The molecule has 0 spiro atoms. The molecule has 6 heteroatoms. The van der Waals surface area contributed by atoms with Crippen molar-refractivity contribution in [3.8, 4) is 0 Å². The van der Waals surface area contributed by atoms with Crippen LogP contribution in [0.15, 0.2) is 48.8 Å². The molecule has 2 aromatic rings. The minimum absolute atomic E-state index is 0.0347. The lowest BCUT2D eigenvalue weighted by Crippen LogP contribution is -2.49. The van der Waals surface area contributed by atoms with Crippen LogP contribution < -0.4 is 4.90 Å². The molecule has 4 rings (SSSR count). The molecule has 3 heterocycles. The molecular weight excluding hydrogens is 340 g/mol. The van der Waals surface area contributed by atoms with Gasteiger partial charge < -0.3 is 9.80 Å². The fourth-order valence-corrected chi connectivity index (χ4v) is 3.83. The number of pyridine rings is 1. The summed E-state index contributed by atoms with van der Waals surface area (Å²) in [5, 5.41) is 0. The second-order valence-corrected chi connectivity index (χ2v) is 7.05. The maximum atomic E-state index is 12.6. The summed E-state index contributed by atoms with van der Waals surface area (Å²) >= 11 is 0. The molecule has 6 nitrogen and oxygen atoms in total. The van der Waals surface area contributed by atoms with Gasteiger partial charge in [-0.1, -0.05) is 18.2 Å². The molecule has 0 radical (unpaired) electrons. The molecule has 0 aliphatic carbocycles. The molecule has 1 aromatic heterocycles. The van der Waals surface area contributed by atoms with Gasteiger partial charge in [0.1, 0.15) is 0 Å². The zero-order valence-electron chi connectivity index (χ0n) is 15.4. The van der Waals surface area contributed by atoms with E-state index < -0.39 is 0 Å². The van der Waals surface area contributed by atoms with Crippen LogP contribution in [0.4, 0.5) is 5.69 Å². The van der Waals surface area contributed by atoms with Gasteiger partial charge in [-0.25, -0.2) is 0 Å². The van der Waals surface area contributed by atoms with Crippen LogP contribution in [0.25, 0.3) is 0 Å². The van der Waals surface area contributed by atoms with E-state index in [2.05, 4.69) is 16.0 Å². The first-order chi connectivity index (χ1) is 13.2. The summed E-state index contributed by atoms with van der Waals surface area (Å²) in [6, 6.07) is 11.7. The molecule has 27 heavy (non-hydrogen) atoms. The van der Waals surface area contributed by atoms with E-state index in [0.29, 0.717) is 25.1 Å². The molecule has 1 aromatic carbocycles. The number of carbonyl (C=O) groups is 2. The highest BCUT2D eigenvalue weighted by Gasteiger charge is 2.26. The molecule has 0 saturated carbocycles. The summed E-state index contributed by atoms with van der Waals surface area (Å²) in [5.74, 6) is 0.223. The van der Waals surface area contributed by atoms with Crippen molar-refractivity contribution < 1.29 is 9.59 Å². The average Bonchev–Trinajstić information content (AvgIpc) is 3.17. The molecule has 0 atom stereocenters. The van der Waals surface area contributed by atoms with Crippen LogP contribution in [-0.4, -0.2) is 65.9 Å². The molecule has 140 valence electrons. The first kappa shape index (κ1) is 17.7. The predicted molar refractivity (Wildman–Crippen MR) is 104 cm³/mol. The van der Waals surface area contributed by atoms with E-state index in [9.17, 15) is 9.59 Å². The first-order valence-corrected chi connectivity index (χ1v) is 9.52. The normalized spacial score (nSPS) is 17.0. The molecule has 1 fully saturated rings. The quantitative estimate of drug-likeness (QED) is 0.830. The zero-order valence-corrected chi connectivity index (χ0v) is 15.4. The van der Waals surface area contributed by atoms with Gasteiger partial charge in [-0.2, -0.15) is 0 Å². The van der Waals surface area contributed by atoms with Crippen molar-refractivity contribution in [2.75, 3.05) is 44.2 Å². The smallest absolute Gasteiger partial charge is 0.255 e. The maximum absolute atomic E-state index is 12.6. The van der Waals surface area contributed by atoms with Crippen LogP contribution in [0.1, 0.15) is 22.3 Å². The van der Waals surface area contributed by atoms with Crippen molar-refractivity contribution in [1.82, 2.24) is 14.8 Å². The molecule has 0 bridgehead atoms. The van der Waals surface area contributed by atoms with Gasteiger partial charge in [0, 0.05) is 63.8 Å². The Bertz CT molecular complexity index is 816. The predicted octanol–water partition coefficient (Wildman–Crippen LogP) is 1.82. The molecule has 0 unspecified atom stereocenters. The lowest BCUT2D eigenvalue weighted by molar-refractivity contribution is -0.118. The number of fused-ring (bicyclic) bond motifs is 1. The Morgan fingerprint density at radius 2 is 1.78 bits per heavy atom. The number of aromatic nitrogens is 1. The number of nitrogens with zero attached hydrogens (tertiary/aromatic N) is 4. The topological polar surface area (TPSA) is 56.8 Å². The number of piperazine rings is 1. The third-order valence-corrected chi connectivity index (χ3v) is 5.40. The highest BCUT2D eigenvalue weighted by Crippen LogP contribution is 2.27. The van der Waals surface area contributed by atoms with Gasteiger partial charge in [-0.05, 0) is 30.2 Å². The van der Waals surface area contributed by atoms with Gasteiger partial charge in [0.05, 0.1) is 5.56 Å². The van der Waals surface area contributed by atoms with E-state index in [1.54, 1.807) is 24.5 Å². The maximum Gasteiger partial charge on any atom is 0.255 e. The number of carbonyl (C=O) groups excluding carboxylic acids is 2. The Kier molecular flexibility index (Phi) is 5.16. The van der Waals surface area contributed by atoms with Crippen molar-refractivity contribution in [3.63, 3.8) is 0 Å². The minimum atomic E-state index is 0.0347. The van der Waals surface area contributed by atoms with E-state index in [1.165, 1.54) is 5.56 Å². The third kappa shape index (κ3) is 3.85. The molecule has 2 aliphatic rings. The van der Waals surface area contributed by atoms with Crippen molar-refractivity contribution in [1.29, 1.82) is 0 Å². The Morgan fingerprint density at radius 1 is 0.963 bits per heavy atom. The number of rotatable bonds is 4. The Morgan fingerprint density at radius 3 is 2.56 bits per heavy atom. The van der Waals surface area contributed by atoms with Crippen molar-refractivity contribution >= 4 is 17.5 Å². The van der Waals surface area contributed by atoms with Gasteiger partial charge in [0.2, 0.25) is 5.91 Å². The Hall–Kier alpha value is -2.73. The summed E-state index contributed by atoms with van der Waals surface area (Å²) in [6.45, 7) is 4.51. The second kappa shape index (κ2) is 7.88. The average molecular weight is 364 g/mol. The van der Waals surface area contributed by atoms with E-state index >= 15 is 0 Å². The van der Waals surface area contributed by atoms with Gasteiger partial charge in [-0.3, -0.25) is 19.5 Å². The lowest BCUT2D eigenvalue weighted by atomic mass is 10.2. The third-order valence-electron chi connectivity index (χ3n) is 5.40. The van der Waals surface area contributed by atoms with Crippen molar-refractivity contribution in [3.05, 3.63) is 59.9 Å². The molecule has 2 aliphatic heterocycles. The molecule has 1 saturated heterocycles. The van der Waals surface area contributed by atoms with Crippen LogP contribution >= 0.6 is 0 Å². The van der Waals surface area contributed by atoms with Crippen LogP contribution in [0, 0.1) is 0 Å². The molecule has 2 amide bonds. The largest absolute Gasteiger partial charge is 0.336 e. The van der Waals surface area contributed by atoms with Gasteiger partial charge in [0.25, 0.3) is 5.91 Å². The van der Waals surface area contributed by atoms with Crippen LogP contribution in [0.2, 0.25) is 0 Å². The number of hydrogen-bond acceptors (Lipinski definition) is 4. The van der Waals surface area contributed by atoms with Crippen LogP contribution in [0.3, 0.4) is 0 Å². The van der Waals surface area contributed by atoms with E-state index in [4.69, 9.17) is 0 Å². The molecule has 0 N–H and O–H groups in total. The van der Waals surface area contributed by atoms with Crippen molar-refractivity contribution in [2.45, 2.75) is 12.8 Å². The highest BCUT2D eigenvalue weighted by molar-refractivity contribution is 5.95. The fraction of sp³-hybridized carbons (Fsp3) is 0.381. The van der Waals surface area contributed by atoms with E-state index in [-0.39, 0.29) is 11.8 Å². The Balaban J connectivity index is 1.25. The summed E-state index contributed by atoms with van der Waals surface area (Å²) < 4.78 is 0. The number of hydrogen-bond donors (Lipinski definition) is 0. The van der Waals surface area contributed by atoms with E-state index in [0.717, 1.165) is 38.3 Å². The van der Waals surface area contributed by atoms with Gasteiger partial charge in [-0.15, -0.1) is 0 Å². The number of anilines is 1. The SMILES string of the molecule is O=C(c1cccnc1)N1CCN(CCC(=O)N2CCc3ccccc32)CC1. The fourth-order valence-electron chi connectivity index (χ4n) is 3.83. The van der Waals surface area contributed by atoms with Crippen molar-refractivity contribution in [2.24, 2.45) is 0 Å². The molecular formula is C21H24N4O2. The van der Waals surface area contributed by atoms with Crippen LogP contribution in [-0.2, 0) is 11.2 Å². The minimum Gasteiger partial charge on any atom is -0.336 e. The highest BCUT2D eigenvalue weighted by atomic mass is 16.2. The number of amides is 2. The standard InChI is InChI=1S/C21H24N4O2/c26-20(25-11-7-17-4-1-2-6-19(17)25)8-10-23-12-14-24(15-13-23)21(27)18-5-3-9-22-16-18/h1-6,9,16H,7-8,10-15H2. The summed E-state index contributed by atoms with van der Waals surface area (Å²) in [7, 11) is 0. The first-order valence-electron chi connectivity index (χ1n) is 9.52. The zero-order chi connectivity index (χ0) is 18.6. The van der Waals surface area contributed by atoms with Gasteiger partial charge >= 0.3 is 0 Å². The lowest BCUT2D eigenvalue weighted by Gasteiger charge is -2.34. The van der Waals surface area contributed by atoms with Gasteiger partial charge in [0.15, 0.2) is 0 Å². The monoisotopic (exact) mass is 364 g/mol. The summed E-state index contributed by atoms with van der Waals surface area (Å²) in [5.41, 5.74) is 2.96. The second-order valence-electron chi connectivity index (χ2n) is 7.05.